The molecule has 2 rings (SSSR count). The molecular weight excluding hydrogens is 286 g/mol. The van der Waals surface area contributed by atoms with Gasteiger partial charge in [-0.2, -0.15) is 0 Å². The fourth-order valence-corrected chi connectivity index (χ4v) is 2.96. The molecule has 0 radical (unpaired) electrons. The van der Waals surface area contributed by atoms with Crippen LogP contribution >= 0.6 is 11.3 Å². The fraction of sp³-hybridized carbons (Fsp3) is 0.375. The molecule has 0 atom stereocenters. The second kappa shape index (κ2) is 6.72. The third-order valence-electron chi connectivity index (χ3n) is 2.91. The van der Waals surface area contributed by atoms with Crippen molar-refractivity contribution in [2.24, 2.45) is 5.92 Å². The molecule has 1 aromatic carbocycles. The number of rotatable bonds is 6. The minimum Gasteiger partial charge on any atom is -0.494 e. The molecule has 0 aliphatic carbocycles. The van der Waals surface area contributed by atoms with Crippen LogP contribution in [-0.4, -0.2) is 22.7 Å². The van der Waals surface area contributed by atoms with Crippen LogP contribution in [0.4, 0.5) is 0 Å². The third kappa shape index (κ3) is 3.82. The summed E-state index contributed by atoms with van der Waals surface area (Å²) in [5, 5.41) is 10.0. The third-order valence-corrected chi connectivity index (χ3v) is 4.04. The Labute approximate surface area is 128 Å². The monoisotopic (exact) mass is 305 g/mol. The van der Waals surface area contributed by atoms with E-state index >= 15 is 0 Å². The second-order valence-corrected chi connectivity index (χ2v) is 6.15. The van der Waals surface area contributed by atoms with Crippen molar-refractivity contribution < 1.29 is 14.6 Å². The first-order valence-electron chi connectivity index (χ1n) is 6.97. The molecule has 0 saturated carbocycles. The van der Waals surface area contributed by atoms with Gasteiger partial charge < -0.3 is 9.84 Å². The van der Waals surface area contributed by atoms with Crippen molar-refractivity contribution in [3.63, 3.8) is 0 Å². The quantitative estimate of drug-likeness (QED) is 0.872. The second-order valence-electron chi connectivity index (χ2n) is 5.16. The molecule has 0 bridgehead atoms. The lowest BCUT2D eigenvalue weighted by atomic mass is 10.1. The summed E-state index contributed by atoms with van der Waals surface area (Å²) in [5.74, 6) is 0.275. The predicted molar refractivity (Wildman–Crippen MR) is 84.2 cm³/mol. The average molecular weight is 305 g/mol. The number of aromatic nitrogens is 1. The van der Waals surface area contributed by atoms with E-state index in [4.69, 9.17) is 4.74 Å². The minimum atomic E-state index is -0.902. The number of carbonyl (C=O) groups is 1. The lowest BCUT2D eigenvalue weighted by Gasteiger charge is -2.03. The molecule has 5 heteroatoms. The molecular formula is C16H19NO3S. The zero-order valence-corrected chi connectivity index (χ0v) is 13.2. The number of aromatic carboxylic acids is 1. The maximum absolute atomic E-state index is 11.3. The maximum Gasteiger partial charge on any atom is 0.347 e. The average Bonchev–Trinajstić information content (AvgIpc) is 2.83. The van der Waals surface area contributed by atoms with Gasteiger partial charge in [-0.3, -0.25) is 0 Å². The molecule has 2 aromatic rings. The van der Waals surface area contributed by atoms with Gasteiger partial charge in [0.1, 0.15) is 15.6 Å². The smallest absolute Gasteiger partial charge is 0.347 e. The lowest BCUT2D eigenvalue weighted by Crippen LogP contribution is -2.02. The van der Waals surface area contributed by atoms with Crippen LogP contribution in [0.25, 0.3) is 10.6 Å². The lowest BCUT2D eigenvalue weighted by molar-refractivity contribution is 0.0700. The maximum atomic E-state index is 11.3. The topological polar surface area (TPSA) is 59.4 Å². The Morgan fingerprint density at radius 3 is 2.52 bits per heavy atom. The Hall–Kier alpha value is -1.88. The van der Waals surface area contributed by atoms with Gasteiger partial charge in [-0.1, -0.05) is 13.8 Å². The van der Waals surface area contributed by atoms with Gasteiger partial charge in [0.25, 0.3) is 0 Å². The van der Waals surface area contributed by atoms with Crippen molar-refractivity contribution in [1.82, 2.24) is 4.98 Å². The largest absolute Gasteiger partial charge is 0.494 e. The van der Waals surface area contributed by atoms with Gasteiger partial charge in [-0.05, 0) is 43.5 Å². The molecule has 112 valence electrons. The molecule has 21 heavy (non-hydrogen) atoms. The Morgan fingerprint density at radius 2 is 2.00 bits per heavy atom. The number of hydrogen-bond donors (Lipinski definition) is 1. The van der Waals surface area contributed by atoms with Gasteiger partial charge in [-0.25, -0.2) is 9.78 Å². The SMILES string of the molecule is CCOc1ccc(-c2nc(CC(C)C)c(C(=O)O)s2)cc1. The molecule has 0 aliphatic rings. The van der Waals surface area contributed by atoms with Crippen molar-refractivity contribution in [2.45, 2.75) is 27.2 Å². The summed E-state index contributed by atoms with van der Waals surface area (Å²) in [6, 6.07) is 7.58. The summed E-state index contributed by atoms with van der Waals surface area (Å²) in [6.07, 6.45) is 0.676. The van der Waals surface area contributed by atoms with Crippen LogP contribution in [0.15, 0.2) is 24.3 Å². The molecule has 4 nitrogen and oxygen atoms in total. The molecule has 1 N–H and O–H groups in total. The first-order chi connectivity index (χ1) is 10.0. The molecule has 1 heterocycles. The summed E-state index contributed by atoms with van der Waals surface area (Å²) in [6.45, 7) is 6.67. The van der Waals surface area contributed by atoms with E-state index in [2.05, 4.69) is 18.8 Å². The minimum absolute atomic E-state index is 0.340. The molecule has 0 unspecified atom stereocenters. The first kappa shape index (κ1) is 15.5. The van der Waals surface area contributed by atoms with E-state index in [1.807, 2.05) is 31.2 Å². The number of carboxylic acids is 1. The van der Waals surface area contributed by atoms with Gasteiger partial charge in [0, 0.05) is 5.56 Å². The summed E-state index contributed by atoms with van der Waals surface area (Å²) >= 11 is 1.23. The Balaban J connectivity index is 2.33. The number of carboxylic acid groups (broad SMARTS) is 1. The van der Waals surface area contributed by atoms with Gasteiger partial charge in [0.2, 0.25) is 0 Å². The van der Waals surface area contributed by atoms with E-state index in [0.717, 1.165) is 16.3 Å². The van der Waals surface area contributed by atoms with Crippen molar-refractivity contribution in [3.8, 4) is 16.3 Å². The van der Waals surface area contributed by atoms with Crippen LogP contribution in [0.3, 0.4) is 0 Å². The van der Waals surface area contributed by atoms with Crippen LogP contribution in [0.5, 0.6) is 5.75 Å². The fourth-order valence-electron chi connectivity index (χ4n) is 2.03. The highest BCUT2D eigenvalue weighted by Gasteiger charge is 2.18. The number of nitrogens with zero attached hydrogens (tertiary/aromatic N) is 1. The zero-order valence-electron chi connectivity index (χ0n) is 12.4. The number of thiazole rings is 1. The van der Waals surface area contributed by atoms with Gasteiger partial charge in [0.05, 0.1) is 12.3 Å². The Kier molecular flexibility index (Phi) is 4.96. The highest BCUT2D eigenvalue weighted by molar-refractivity contribution is 7.17. The molecule has 0 amide bonds. The Morgan fingerprint density at radius 1 is 1.33 bits per heavy atom. The Bertz CT molecular complexity index is 617. The molecule has 0 spiro atoms. The standard InChI is InChI=1S/C16H19NO3S/c1-4-20-12-7-5-11(6-8-12)15-17-13(9-10(2)3)14(21-15)16(18)19/h5-8,10H,4,9H2,1-3H3,(H,18,19). The van der Waals surface area contributed by atoms with Crippen molar-refractivity contribution >= 4 is 17.3 Å². The summed E-state index contributed by atoms with van der Waals surface area (Å²) in [4.78, 5) is 16.2. The van der Waals surface area contributed by atoms with Crippen LogP contribution in [0, 0.1) is 5.92 Å². The summed E-state index contributed by atoms with van der Waals surface area (Å²) in [5.41, 5.74) is 1.59. The van der Waals surface area contributed by atoms with Crippen molar-refractivity contribution in [1.29, 1.82) is 0 Å². The first-order valence-corrected chi connectivity index (χ1v) is 7.79. The van der Waals surface area contributed by atoms with E-state index in [9.17, 15) is 9.90 Å². The summed E-state index contributed by atoms with van der Waals surface area (Å²) in [7, 11) is 0. The van der Waals surface area contributed by atoms with E-state index in [-0.39, 0.29) is 0 Å². The van der Waals surface area contributed by atoms with Crippen LogP contribution in [-0.2, 0) is 6.42 Å². The highest BCUT2D eigenvalue weighted by Crippen LogP contribution is 2.30. The van der Waals surface area contributed by atoms with Crippen LogP contribution < -0.4 is 4.74 Å². The highest BCUT2D eigenvalue weighted by atomic mass is 32.1. The summed E-state index contributed by atoms with van der Waals surface area (Å²) < 4.78 is 5.41. The molecule has 0 fully saturated rings. The number of ether oxygens (including phenoxy) is 1. The van der Waals surface area contributed by atoms with Crippen LogP contribution in [0.1, 0.15) is 36.1 Å². The molecule has 0 saturated heterocycles. The normalized spacial score (nSPS) is 10.9. The molecule has 0 aliphatic heterocycles. The van der Waals surface area contributed by atoms with E-state index in [1.54, 1.807) is 0 Å². The number of hydrogen-bond acceptors (Lipinski definition) is 4. The van der Waals surface area contributed by atoms with E-state index in [1.165, 1.54) is 11.3 Å². The van der Waals surface area contributed by atoms with Gasteiger partial charge in [0.15, 0.2) is 0 Å². The predicted octanol–water partition coefficient (Wildman–Crippen LogP) is 4.11. The van der Waals surface area contributed by atoms with E-state index in [0.29, 0.717) is 29.5 Å². The van der Waals surface area contributed by atoms with E-state index < -0.39 is 5.97 Å². The zero-order chi connectivity index (χ0) is 15.4. The van der Waals surface area contributed by atoms with Crippen LogP contribution in [0.2, 0.25) is 0 Å². The van der Waals surface area contributed by atoms with Gasteiger partial charge in [-0.15, -0.1) is 11.3 Å². The number of benzene rings is 1. The van der Waals surface area contributed by atoms with Crippen molar-refractivity contribution in [2.75, 3.05) is 6.61 Å². The van der Waals surface area contributed by atoms with Gasteiger partial charge >= 0.3 is 5.97 Å². The van der Waals surface area contributed by atoms with Crippen molar-refractivity contribution in [3.05, 3.63) is 34.8 Å². The molecule has 1 aromatic heterocycles.